The zero-order chi connectivity index (χ0) is 20.9. The average molecular weight is 388 g/mol. The second kappa shape index (κ2) is 8.95. The van der Waals surface area contributed by atoms with E-state index in [4.69, 9.17) is 4.74 Å². The van der Waals surface area contributed by atoms with Crippen molar-refractivity contribution in [2.24, 2.45) is 0 Å². The maximum atomic E-state index is 13.4. The molecule has 0 fully saturated rings. The summed E-state index contributed by atoms with van der Waals surface area (Å²) in [6, 6.07) is 24.0. The van der Waals surface area contributed by atoms with Crippen molar-refractivity contribution in [1.29, 1.82) is 0 Å². The van der Waals surface area contributed by atoms with Crippen LogP contribution in [0.25, 0.3) is 0 Å². The van der Waals surface area contributed by atoms with Crippen molar-refractivity contribution in [3.63, 3.8) is 0 Å². The summed E-state index contributed by atoms with van der Waals surface area (Å²) in [5.41, 5.74) is 4.57. The molecule has 1 amide bonds. The predicted molar refractivity (Wildman–Crippen MR) is 120 cm³/mol. The molecule has 3 nitrogen and oxygen atoms in total. The third-order valence-corrected chi connectivity index (χ3v) is 5.36. The Balaban J connectivity index is 1.79. The first-order chi connectivity index (χ1) is 13.9. The molecular weight excluding hydrogens is 358 g/mol. The molecule has 0 saturated carbocycles. The van der Waals surface area contributed by atoms with E-state index in [1.165, 1.54) is 11.1 Å². The third-order valence-electron chi connectivity index (χ3n) is 5.36. The summed E-state index contributed by atoms with van der Waals surface area (Å²) in [6.07, 6.45) is 0.571. The largest absolute Gasteiger partial charge is 0.494 e. The van der Waals surface area contributed by atoms with E-state index in [-0.39, 0.29) is 5.91 Å². The summed E-state index contributed by atoms with van der Waals surface area (Å²) in [4.78, 5) is 13.4. The molecule has 150 valence electrons. The van der Waals surface area contributed by atoms with Crippen LogP contribution in [0.15, 0.2) is 72.8 Å². The highest BCUT2D eigenvalue weighted by molar-refractivity contribution is 5.99. The Kier molecular flexibility index (Phi) is 6.38. The number of ether oxygens (including phenoxy) is 1. The average Bonchev–Trinajstić information content (AvgIpc) is 2.70. The molecule has 3 aromatic carbocycles. The third kappa shape index (κ3) is 5.26. The van der Waals surface area contributed by atoms with Gasteiger partial charge in [-0.3, -0.25) is 4.79 Å². The smallest absolute Gasteiger partial charge is 0.234 e. The minimum atomic E-state index is -0.706. The first kappa shape index (κ1) is 20.7. The van der Waals surface area contributed by atoms with Gasteiger partial charge in [0.15, 0.2) is 0 Å². The molecule has 0 aromatic heterocycles. The standard InChI is InChI=1S/C26H29NO2/c1-19-8-12-22(13-9-19)26(4,16-17-29-24-14-10-20(2)11-15-24)25(28)27-23-7-5-6-21(3)18-23/h5-15,18H,16-17H2,1-4H3,(H,27,28). The van der Waals surface area contributed by atoms with E-state index in [1.54, 1.807) is 0 Å². The molecule has 29 heavy (non-hydrogen) atoms. The van der Waals surface area contributed by atoms with Gasteiger partial charge in [0.25, 0.3) is 0 Å². The number of carbonyl (C=O) groups excluding carboxylic acids is 1. The Morgan fingerprint density at radius 3 is 2.10 bits per heavy atom. The van der Waals surface area contributed by atoms with Crippen molar-refractivity contribution < 1.29 is 9.53 Å². The summed E-state index contributed by atoms with van der Waals surface area (Å²) in [6.45, 7) is 8.56. The Morgan fingerprint density at radius 1 is 0.862 bits per heavy atom. The Labute approximate surface area is 173 Å². The minimum absolute atomic E-state index is 0.0283. The van der Waals surface area contributed by atoms with Crippen LogP contribution in [0.1, 0.15) is 35.6 Å². The lowest BCUT2D eigenvalue weighted by Crippen LogP contribution is -2.39. The van der Waals surface area contributed by atoms with Gasteiger partial charge in [-0.1, -0.05) is 59.7 Å². The van der Waals surface area contributed by atoms with Crippen molar-refractivity contribution in [3.05, 3.63) is 95.1 Å². The van der Waals surface area contributed by atoms with Crippen LogP contribution in [-0.2, 0) is 10.2 Å². The van der Waals surface area contributed by atoms with Crippen molar-refractivity contribution in [2.75, 3.05) is 11.9 Å². The number of benzene rings is 3. The summed E-state index contributed by atoms with van der Waals surface area (Å²) < 4.78 is 5.94. The summed E-state index contributed by atoms with van der Waals surface area (Å²) >= 11 is 0. The summed E-state index contributed by atoms with van der Waals surface area (Å²) in [5, 5.41) is 3.10. The van der Waals surface area contributed by atoms with Crippen LogP contribution in [0, 0.1) is 20.8 Å². The molecule has 1 unspecified atom stereocenters. The second-order valence-corrected chi connectivity index (χ2v) is 7.93. The number of carbonyl (C=O) groups is 1. The Bertz CT molecular complexity index is 961. The van der Waals surface area contributed by atoms with Crippen LogP contribution in [-0.4, -0.2) is 12.5 Å². The van der Waals surface area contributed by atoms with Gasteiger partial charge in [-0.25, -0.2) is 0 Å². The second-order valence-electron chi connectivity index (χ2n) is 7.93. The maximum absolute atomic E-state index is 13.4. The van der Waals surface area contributed by atoms with E-state index in [0.29, 0.717) is 13.0 Å². The van der Waals surface area contributed by atoms with E-state index in [2.05, 4.69) is 12.2 Å². The van der Waals surface area contributed by atoms with Gasteiger partial charge in [0.2, 0.25) is 5.91 Å². The molecule has 3 aromatic rings. The lowest BCUT2D eigenvalue weighted by molar-refractivity contribution is -0.121. The predicted octanol–water partition coefficient (Wildman–Crippen LogP) is 5.98. The van der Waals surface area contributed by atoms with Crippen LogP contribution in [0.2, 0.25) is 0 Å². The number of anilines is 1. The first-order valence-electron chi connectivity index (χ1n) is 10.0. The highest BCUT2D eigenvalue weighted by Crippen LogP contribution is 2.30. The summed E-state index contributed by atoms with van der Waals surface area (Å²) in [7, 11) is 0. The highest BCUT2D eigenvalue weighted by atomic mass is 16.5. The first-order valence-corrected chi connectivity index (χ1v) is 10.0. The van der Waals surface area contributed by atoms with Gasteiger partial charge in [-0.2, -0.15) is 0 Å². The van der Waals surface area contributed by atoms with Gasteiger partial charge in [0, 0.05) is 5.69 Å². The Morgan fingerprint density at radius 2 is 1.48 bits per heavy atom. The number of hydrogen-bond donors (Lipinski definition) is 1. The monoisotopic (exact) mass is 387 g/mol. The van der Waals surface area contributed by atoms with Gasteiger partial charge in [-0.15, -0.1) is 0 Å². The Hall–Kier alpha value is -3.07. The molecule has 0 aliphatic heterocycles. The zero-order valence-corrected chi connectivity index (χ0v) is 17.7. The number of amides is 1. The maximum Gasteiger partial charge on any atom is 0.234 e. The van der Waals surface area contributed by atoms with Crippen LogP contribution < -0.4 is 10.1 Å². The van der Waals surface area contributed by atoms with E-state index >= 15 is 0 Å². The van der Waals surface area contributed by atoms with E-state index in [1.807, 2.05) is 93.6 Å². The number of nitrogens with one attached hydrogen (secondary N) is 1. The summed E-state index contributed by atoms with van der Waals surface area (Å²) in [5.74, 6) is 0.792. The minimum Gasteiger partial charge on any atom is -0.494 e. The van der Waals surface area contributed by atoms with Crippen molar-refractivity contribution in [3.8, 4) is 5.75 Å². The molecule has 1 N–H and O–H groups in total. The van der Waals surface area contributed by atoms with Gasteiger partial charge in [-0.05, 0) is 69.5 Å². The zero-order valence-electron chi connectivity index (χ0n) is 17.7. The molecule has 1 atom stereocenters. The molecule has 0 heterocycles. The van der Waals surface area contributed by atoms with Crippen LogP contribution in [0.4, 0.5) is 5.69 Å². The molecule has 0 radical (unpaired) electrons. The molecule has 0 saturated heterocycles. The highest BCUT2D eigenvalue weighted by Gasteiger charge is 2.35. The fourth-order valence-electron chi connectivity index (χ4n) is 3.31. The molecule has 0 bridgehead atoms. The van der Waals surface area contributed by atoms with Crippen LogP contribution >= 0.6 is 0 Å². The van der Waals surface area contributed by atoms with Crippen molar-refractivity contribution >= 4 is 11.6 Å². The molecule has 0 spiro atoms. The molecule has 3 heteroatoms. The number of rotatable bonds is 7. The van der Waals surface area contributed by atoms with Crippen molar-refractivity contribution in [1.82, 2.24) is 0 Å². The van der Waals surface area contributed by atoms with Gasteiger partial charge in [0.05, 0.1) is 12.0 Å². The molecule has 0 aliphatic rings. The SMILES string of the molecule is Cc1ccc(OCCC(C)(C(=O)Nc2cccc(C)c2)c2ccc(C)cc2)cc1. The fraction of sp³-hybridized carbons (Fsp3) is 0.269. The van der Waals surface area contributed by atoms with E-state index < -0.39 is 5.41 Å². The van der Waals surface area contributed by atoms with Gasteiger partial charge < -0.3 is 10.1 Å². The van der Waals surface area contributed by atoms with E-state index in [9.17, 15) is 4.79 Å². The molecule has 0 aliphatic carbocycles. The fourth-order valence-corrected chi connectivity index (χ4v) is 3.31. The van der Waals surface area contributed by atoms with Crippen molar-refractivity contribution in [2.45, 2.75) is 39.5 Å². The number of aryl methyl sites for hydroxylation is 3. The lowest BCUT2D eigenvalue weighted by Gasteiger charge is -2.29. The normalized spacial score (nSPS) is 12.8. The van der Waals surface area contributed by atoms with Crippen LogP contribution in [0.3, 0.4) is 0 Å². The van der Waals surface area contributed by atoms with E-state index in [0.717, 1.165) is 22.6 Å². The number of hydrogen-bond acceptors (Lipinski definition) is 2. The van der Waals surface area contributed by atoms with Gasteiger partial charge >= 0.3 is 0 Å². The van der Waals surface area contributed by atoms with Crippen LogP contribution in [0.5, 0.6) is 5.75 Å². The topological polar surface area (TPSA) is 38.3 Å². The molecule has 3 rings (SSSR count). The lowest BCUT2D eigenvalue weighted by atomic mass is 9.78. The van der Waals surface area contributed by atoms with Gasteiger partial charge in [0.1, 0.15) is 5.75 Å². The quantitative estimate of drug-likeness (QED) is 0.542. The molecular formula is C26H29NO2.